The molecule has 0 spiro atoms. The molecule has 0 saturated heterocycles. The minimum atomic E-state index is -0.0218. The van der Waals surface area contributed by atoms with Crippen molar-refractivity contribution in [2.24, 2.45) is 0 Å². The SMILES string of the molecule is CCC(CC)(OC)C(CCc1cccs1)NC. The van der Waals surface area contributed by atoms with Crippen molar-refractivity contribution in [3.63, 3.8) is 0 Å². The van der Waals surface area contributed by atoms with Gasteiger partial charge in [0.15, 0.2) is 0 Å². The van der Waals surface area contributed by atoms with Crippen LogP contribution in [0.1, 0.15) is 38.0 Å². The van der Waals surface area contributed by atoms with E-state index in [1.165, 1.54) is 4.88 Å². The molecule has 0 aromatic carbocycles. The van der Waals surface area contributed by atoms with Gasteiger partial charge in [-0.2, -0.15) is 0 Å². The van der Waals surface area contributed by atoms with E-state index in [-0.39, 0.29) is 5.60 Å². The number of methoxy groups -OCH3 is 1. The molecule has 1 N–H and O–H groups in total. The first-order valence-corrected chi connectivity index (χ1v) is 7.35. The van der Waals surface area contributed by atoms with Gasteiger partial charge in [-0.3, -0.25) is 0 Å². The number of aryl methyl sites for hydroxylation is 1. The van der Waals surface area contributed by atoms with Gasteiger partial charge in [0.05, 0.1) is 5.60 Å². The Balaban J connectivity index is 2.63. The van der Waals surface area contributed by atoms with Crippen LogP contribution in [0.4, 0.5) is 0 Å². The second-order valence-corrected chi connectivity index (χ2v) is 5.47. The average molecular weight is 255 g/mol. The second-order valence-electron chi connectivity index (χ2n) is 4.44. The van der Waals surface area contributed by atoms with Crippen LogP contribution in [0, 0.1) is 0 Å². The topological polar surface area (TPSA) is 21.3 Å². The zero-order valence-corrected chi connectivity index (χ0v) is 12.3. The molecule has 0 saturated carbocycles. The van der Waals surface area contributed by atoms with Crippen molar-refractivity contribution in [2.45, 2.75) is 51.2 Å². The molecule has 0 amide bonds. The molecule has 1 unspecified atom stereocenters. The lowest BCUT2D eigenvalue weighted by Crippen LogP contribution is -2.50. The summed E-state index contributed by atoms with van der Waals surface area (Å²) in [5.41, 5.74) is -0.0218. The predicted octanol–water partition coefficient (Wildman–Crippen LogP) is 3.47. The highest BCUT2D eigenvalue weighted by Gasteiger charge is 2.34. The number of rotatable bonds is 8. The van der Waals surface area contributed by atoms with Gasteiger partial charge in [0.25, 0.3) is 0 Å². The van der Waals surface area contributed by atoms with Gasteiger partial charge in [0.1, 0.15) is 0 Å². The summed E-state index contributed by atoms with van der Waals surface area (Å²) < 4.78 is 5.80. The molecule has 1 rings (SSSR count). The van der Waals surface area contributed by atoms with Crippen molar-refractivity contribution < 1.29 is 4.74 Å². The van der Waals surface area contributed by atoms with Gasteiger partial charge in [-0.15, -0.1) is 11.3 Å². The molecule has 98 valence electrons. The fraction of sp³-hybridized carbons (Fsp3) is 0.714. The zero-order valence-electron chi connectivity index (χ0n) is 11.5. The van der Waals surface area contributed by atoms with Crippen LogP contribution in [0.3, 0.4) is 0 Å². The van der Waals surface area contributed by atoms with E-state index >= 15 is 0 Å². The predicted molar refractivity (Wildman–Crippen MR) is 75.8 cm³/mol. The number of ether oxygens (including phenoxy) is 1. The van der Waals surface area contributed by atoms with Gasteiger partial charge < -0.3 is 10.1 Å². The van der Waals surface area contributed by atoms with Gasteiger partial charge in [-0.05, 0) is 44.2 Å². The van der Waals surface area contributed by atoms with Crippen LogP contribution in [0.2, 0.25) is 0 Å². The third kappa shape index (κ3) is 3.54. The Bertz CT molecular complexity index is 285. The van der Waals surface area contributed by atoms with Crippen LogP contribution >= 0.6 is 11.3 Å². The van der Waals surface area contributed by atoms with Crippen molar-refractivity contribution in [3.8, 4) is 0 Å². The summed E-state index contributed by atoms with van der Waals surface area (Å²) in [5, 5.41) is 5.58. The largest absolute Gasteiger partial charge is 0.377 e. The van der Waals surface area contributed by atoms with Gasteiger partial charge in [-0.25, -0.2) is 0 Å². The zero-order chi connectivity index (χ0) is 12.7. The molecule has 1 aromatic heterocycles. The standard InChI is InChI=1S/C14H25NOS/c1-5-14(6-2,16-4)13(15-3)10-9-12-8-7-11-17-12/h7-8,11,13,15H,5-6,9-10H2,1-4H3. The fourth-order valence-electron chi connectivity index (χ4n) is 2.59. The van der Waals surface area contributed by atoms with Crippen LogP contribution in [-0.4, -0.2) is 25.8 Å². The summed E-state index contributed by atoms with van der Waals surface area (Å²) in [6, 6.07) is 4.76. The number of thiophene rings is 1. The van der Waals surface area contributed by atoms with Crippen LogP contribution in [-0.2, 0) is 11.2 Å². The first kappa shape index (κ1) is 14.7. The van der Waals surface area contributed by atoms with Crippen molar-refractivity contribution >= 4 is 11.3 Å². The molecule has 1 atom stereocenters. The third-order valence-corrected chi connectivity index (χ3v) is 4.78. The molecule has 2 nitrogen and oxygen atoms in total. The molecule has 0 bridgehead atoms. The minimum absolute atomic E-state index is 0.0218. The number of hydrogen-bond acceptors (Lipinski definition) is 3. The van der Waals surface area contributed by atoms with Gasteiger partial charge in [0, 0.05) is 18.0 Å². The van der Waals surface area contributed by atoms with E-state index in [2.05, 4.69) is 36.7 Å². The van der Waals surface area contributed by atoms with E-state index in [0.717, 1.165) is 25.7 Å². The molecule has 0 aliphatic carbocycles. The molecule has 3 heteroatoms. The van der Waals surface area contributed by atoms with E-state index < -0.39 is 0 Å². The minimum Gasteiger partial charge on any atom is -0.377 e. The van der Waals surface area contributed by atoms with Crippen molar-refractivity contribution in [2.75, 3.05) is 14.2 Å². The van der Waals surface area contributed by atoms with E-state index in [4.69, 9.17) is 4.74 Å². The molecule has 0 radical (unpaired) electrons. The Labute approximate surface area is 109 Å². The lowest BCUT2D eigenvalue weighted by molar-refractivity contribution is -0.0474. The summed E-state index contributed by atoms with van der Waals surface area (Å²) in [6.07, 6.45) is 4.37. The average Bonchev–Trinajstić information content (AvgIpc) is 2.88. The smallest absolute Gasteiger partial charge is 0.0825 e. The van der Waals surface area contributed by atoms with Gasteiger partial charge in [-0.1, -0.05) is 19.9 Å². The summed E-state index contributed by atoms with van der Waals surface area (Å²) in [7, 11) is 3.88. The Kier molecular flexibility index (Phi) is 6.17. The Morgan fingerprint density at radius 2 is 2.12 bits per heavy atom. The van der Waals surface area contributed by atoms with E-state index in [1.807, 2.05) is 25.5 Å². The number of nitrogens with one attached hydrogen (secondary N) is 1. The van der Waals surface area contributed by atoms with Crippen LogP contribution in [0.25, 0.3) is 0 Å². The van der Waals surface area contributed by atoms with Crippen molar-refractivity contribution in [1.29, 1.82) is 0 Å². The highest BCUT2D eigenvalue weighted by Crippen LogP contribution is 2.27. The molecular weight excluding hydrogens is 230 g/mol. The van der Waals surface area contributed by atoms with E-state index in [0.29, 0.717) is 6.04 Å². The molecule has 0 fully saturated rings. The quantitative estimate of drug-likeness (QED) is 0.768. The van der Waals surface area contributed by atoms with Crippen molar-refractivity contribution in [1.82, 2.24) is 5.32 Å². The summed E-state index contributed by atoms with van der Waals surface area (Å²) >= 11 is 1.84. The van der Waals surface area contributed by atoms with E-state index in [9.17, 15) is 0 Å². The highest BCUT2D eigenvalue weighted by atomic mass is 32.1. The Morgan fingerprint density at radius 3 is 2.53 bits per heavy atom. The van der Waals surface area contributed by atoms with Gasteiger partial charge >= 0.3 is 0 Å². The maximum absolute atomic E-state index is 5.80. The lowest BCUT2D eigenvalue weighted by Gasteiger charge is -2.38. The first-order valence-electron chi connectivity index (χ1n) is 6.47. The number of hydrogen-bond donors (Lipinski definition) is 1. The van der Waals surface area contributed by atoms with Crippen LogP contribution in [0.5, 0.6) is 0 Å². The second kappa shape index (κ2) is 7.14. The molecule has 0 aliphatic rings. The summed E-state index contributed by atoms with van der Waals surface area (Å²) in [6.45, 7) is 4.42. The summed E-state index contributed by atoms with van der Waals surface area (Å²) in [4.78, 5) is 1.46. The third-order valence-electron chi connectivity index (χ3n) is 3.85. The number of likely N-dealkylation sites (N-methyl/N-ethyl adjacent to an activating group) is 1. The fourth-order valence-corrected chi connectivity index (χ4v) is 3.31. The van der Waals surface area contributed by atoms with Crippen molar-refractivity contribution in [3.05, 3.63) is 22.4 Å². The first-order chi connectivity index (χ1) is 8.22. The van der Waals surface area contributed by atoms with Crippen LogP contribution in [0.15, 0.2) is 17.5 Å². The van der Waals surface area contributed by atoms with Gasteiger partial charge in [0.2, 0.25) is 0 Å². The monoisotopic (exact) mass is 255 g/mol. The Morgan fingerprint density at radius 1 is 1.41 bits per heavy atom. The summed E-state index contributed by atoms with van der Waals surface area (Å²) in [5.74, 6) is 0. The normalized spacial score (nSPS) is 13.9. The maximum Gasteiger partial charge on any atom is 0.0825 e. The molecule has 0 aliphatic heterocycles. The van der Waals surface area contributed by atoms with Crippen LogP contribution < -0.4 is 5.32 Å². The Hall–Kier alpha value is -0.380. The lowest BCUT2D eigenvalue weighted by atomic mass is 9.85. The molecule has 1 aromatic rings. The highest BCUT2D eigenvalue weighted by molar-refractivity contribution is 7.09. The van der Waals surface area contributed by atoms with E-state index in [1.54, 1.807) is 0 Å². The molecular formula is C14H25NOS. The molecule has 17 heavy (non-hydrogen) atoms. The molecule has 1 heterocycles. The maximum atomic E-state index is 5.80.